The highest BCUT2D eigenvalue weighted by atomic mass is 14.9. The van der Waals surface area contributed by atoms with Crippen LogP contribution in [0.15, 0.2) is 0 Å². The summed E-state index contributed by atoms with van der Waals surface area (Å²) in [6.45, 7) is 7.18. The maximum atomic E-state index is 3.46. The molecule has 1 heterocycles. The lowest BCUT2D eigenvalue weighted by atomic mass is 9.88. The highest BCUT2D eigenvalue weighted by molar-refractivity contribution is 4.74. The number of rotatable bonds is 6. The Balaban J connectivity index is 2.13. The second-order valence-electron chi connectivity index (χ2n) is 4.51. The molecule has 0 amide bonds. The minimum Gasteiger partial charge on any atom is -0.316 e. The molecule has 0 aromatic heterocycles. The van der Waals surface area contributed by atoms with Gasteiger partial charge in [-0.1, -0.05) is 39.5 Å². The van der Waals surface area contributed by atoms with Crippen LogP contribution >= 0.6 is 0 Å². The van der Waals surface area contributed by atoms with E-state index < -0.39 is 0 Å². The molecule has 1 saturated heterocycles. The van der Waals surface area contributed by atoms with Crippen molar-refractivity contribution in [3.63, 3.8) is 0 Å². The molecule has 1 rings (SSSR count). The number of hydrogen-bond donors (Lipinski definition) is 1. The van der Waals surface area contributed by atoms with E-state index in [0.717, 1.165) is 11.8 Å². The van der Waals surface area contributed by atoms with Gasteiger partial charge >= 0.3 is 0 Å². The van der Waals surface area contributed by atoms with Crippen LogP contribution in [0.5, 0.6) is 0 Å². The largest absolute Gasteiger partial charge is 0.316 e. The molecule has 1 nitrogen and oxygen atoms in total. The molecule has 0 aliphatic carbocycles. The van der Waals surface area contributed by atoms with Gasteiger partial charge in [0.2, 0.25) is 0 Å². The van der Waals surface area contributed by atoms with Gasteiger partial charge < -0.3 is 5.32 Å². The first-order chi connectivity index (χ1) is 6.36. The van der Waals surface area contributed by atoms with E-state index >= 15 is 0 Å². The van der Waals surface area contributed by atoms with Gasteiger partial charge in [-0.05, 0) is 37.8 Å². The zero-order valence-corrected chi connectivity index (χ0v) is 9.31. The highest BCUT2D eigenvalue weighted by Gasteiger charge is 2.18. The van der Waals surface area contributed by atoms with E-state index in [-0.39, 0.29) is 0 Å². The first-order valence-corrected chi connectivity index (χ1v) is 6.07. The van der Waals surface area contributed by atoms with Crippen molar-refractivity contribution in [2.75, 3.05) is 13.1 Å². The molecular weight excluding hydrogens is 158 g/mol. The van der Waals surface area contributed by atoms with Crippen LogP contribution in [0.25, 0.3) is 0 Å². The molecule has 0 spiro atoms. The van der Waals surface area contributed by atoms with Gasteiger partial charge in [-0.3, -0.25) is 0 Å². The average Bonchev–Trinajstić information content (AvgIpc) is 2.64. The molecule has 0 aromatic carbocycles. The predicted molar refractivity (Wildman–Crippen MR) is 58.9 cm³/mol. The van der Waals surface area contributed by atoms with Crippen LogP contribution in [-0.4, -0.2) is 13.1 Å². The Morgan fingerprint density at radius 3 is 2.77 bits per heavy atom. The van der Waals surface area contributed by atoms with E-state index in [2.05, 4.69) is 19.2 Å². The minimum atomic E-state index is 0.988. The molecule has 78 valence electrons. The van der Waals surface area contributed by atoms with Crippen LogP contribution < -0.4 is 5.32 Å². The van der Waals surface area contributed by atoms with Crippen molar-refractivity contribution in [3.05, 3.63) is 0 Å². The second-order valence-corrected chi connectivity index (χ2v) is 4.51. The fraction of sp³-hybridized carbons (Fsp3) is 1.00. The molecule has 1 N–H and O–H groups in total. The van der Waals surface area contributed by atoms with Gasteiger partial charge in [0.1, 0.15) is 0 Å². The summed E-state index contributed by atoms with van der Waals surface area (Å²) in [6, 6.07) is 0. The van der Waals surface area contributed by atoms with Crippen LogP contribution in [0, 0.1) is 11.8 Å². The maximum absolute atomic E-state index is 3.46. The van der Waals surface area contributed by atoms with Crippen LogP contribution in [0.2, 0.25) is 0 Å². The number of hydrogen-bond acceptors (Lipinski definition) is 1. The zero-order chi connectivity index (χ0) is 9.52. The predicted octanol–water partition coefficient (Wildman–Crippen LogP) is 3.20. The SMILES string of the molecule is CCCC[C@@H](CC)C[C@H]1CCNC1. The van der Waals surface area contributed by atoms with E-state index in [1.165, 1.54) is 51.6 Å². The van der Waals surface area contributed by atoms with Crippen molar-refractivity contribution in [2.45, 2.75) is 52.4 Å². The lowest BCUT2D eigenvalue weighted by Gasteiger charge is -2.18. The summed E-state index contributed by atoms with van der Waals surface area (Å²) in [7, 11) is 0. The van der Waals surface area contributed by atoms with Crippen LogP contribution in [0.3, 0.4) is 0 Å². The minimum absolute atomic E-state index is 0.988. The Labute approximate surface area is 83.3 Å². The molecule has 1 fully saturated rings. The van der Waals surface area contributed by atoms with Crippen LogP contribution in [0.1, 0.15) is 52.4 Å². The van der Waals surface area contributed by atoms with Crippen molar-refractivity contribution in [1.82, 2.24) is 5.32 Å². The molecule has 1 heteroatoms. The summed E-state index contributed by atoms with van der Waals surface area (Å²) in [6.07, 6.45) is 8.53. The first kappa shape index (κ1) is 11.0. The lowest BCUT2D eigenvalue weighted by Crippen LogP contribution is -2.12. The molecule has 0 bridgehead atoms. The summed E-state index contributed by atoms with van der Waals surface area (Å²) in [5.74, 6) is 1.99. The fourth-order valence-electron chi connectivity index (χ4n) is 2.37. The van der Waals surface area contributed by atoms with E-state index in [4.69, 9.17) is 0 Å². The fourth-order valence-corrected chi connectivity index (χ4v) is 2.37. The standard InChI is InChI=1S/C12H25N/c1-3-5-6-11(4-2)9-12-7-8-13-10-12/h11-13H,3-10H2,1-2H3/t11-,12-/m1/s1. The molecule has 13 heavy (non-hydrogen) atoms. The molecule has 2 atom stereocenters. The van der Waals surface area contributed by atoms with Gasteiger partial charge in [0.05, 0.1) is 0 Å². The number of nitrogens with one attached hydrogen (secondary N) is 1. The molecular formula is C12H25N. The van der Waals surface area contributed by atoms with Gasteiger partial charge in [0.25, 0.3) is 0 Å². The quantitative estimate of drug-likeness (QED) is 0.667. The van der Waals surface area contributed by atoms with E-state index in [9.17, 15) is 0 Å². The van der Waals surface area contributed by atoms with E-state index in [0.29, 0.717) is 0 Å². The summed E-state index contributed by atoms with van der Waals surface area (Å²) in [4.78, 5) is 0. The van der Waals surface area contributed by atoms with Crippen LogP contribution in [0.4, 0.5) is 0 Å². The third kappa shape index (κ3) is 4.12. The third-order valence-electron chi connectivity index (χ3n) is 3.37. The average molecular weight is 183 g/mol. The van der Waals surface area contributed by atoms with Crippen molar-refractivity contribution in [2.24, 2.45) is 11.8 Å². The lowest BCUT2D eigenvalue weighted by molar-refractivity contribution is 0.351. The Morgan fingerprint density at radius 1 is 1.38 bits per heavy atom. The monoisotopic (exact) mass is 183 g/mol. The van der Waals surface area contributed by atoms with Gasteiger partial charge in [0.15, 0.2) is 0 Å². The number of unbranched alkanes of at least 4 members (excludes halogenated alkanes) is 1. The summed E-state index contributed by atoms with van der Waals surface area (Å²) >= 11 is 0. The van der Waals surface area contributed by atoms with Gasteiger partial charge in [-0.15, -0.1) is 0 Å². The van der Waals surface area contributed by atoms with Gasteiger partial charge in [0, 0.05) is 0 Å². The first-order valence-electron chi connectivity index (χ1n) is 6.07. The topological polar surface area (TPSA) is 12.0 Å². The smallest absolute Gasteiger partial charge is 0.00199 e. The Kier molecular flexibility index (Phi) is 5.45. The molecule has 0 radical (unpaired) electrons. The highest BCUT2D eigenvalue weighted by Crippen LogP contribution is 2.24. The van der Waals surface area contributed by atoms with Crippen molar-refractivity contribution in [3.8, 4) is 0 Å². The molecule has 0 aromatic rings. The Hall–Kier alpha value is -0.0400. The normalized spacial score (nSPS) is 24.9. The van der Waals surface area contributed by atoms with Crippen LogP contribution in [-0.2, 0) is 0 Å². The molecule has 0 saturated carbocycles. The second kappa shape index (κ2) is 6.42. The summed E-state index contributed by atoms with van der Waals surface area (Å²) in [5, 5.41) is 3.46. The van der Waals surface area contributed by atoms with Gasteiger partial charge in [-0.25, -0.2) is 0 Å². The third-order valence-corrected chi connectivity index (χ3v) is 3.37. The van der Waals surface area contributed by atoms with Crippen molar-refractivity contribution >= 4 is 0 Å². The molecule has 1 aliphatic heterocycles. The van der Waals surface area contributed by atoms with Crippen molar-refractivity contribution in [1.29, 1.82) is 0 Å². The summed E-state index contributed by atoms with van der Waals surface area (Å²) < 4.78 is 0. The molecule has 1 aliphatic rings. The Bertz CT molecular complexity index is 116. The molecule has 0 unspecified atom stereocenters. The Morgan fingerprint density at radius 2 is 2.23 bits per heavy atom. The van der Waals surface area contributed by atoms with Crippen molar-refractivity contribution < 1.29 is 0 Å². The zero-order valence-electron chi connectivity index (χ0n) is 9.31. The van der Waals surface area contributed by atoms with E-state index in [1.807, 2.05) is 0 Å². The maximum Gasteiger partial charge on any atom is -0.00199 e. The van der Waals surface area contributed by atoms with E-state index in [1.54, 1.807) is 0 Å². The summed E-state index contributed by atoms with van der Waals surface area (Å²) in [5.41, 5.74) is 0. The van der Waals surface area contributed by atoms with Gasteiger partial charge in [-0.2, -0.15) is 0 Å².